The number of aliphatic carboxylic acids is 1. The number of carbonyl (C=O) groups is 2. The third kappa shape index (κ3) is 5.06. The minimum absolute atomic E-state index is 0.208. The number of hydrogen-bond donors (Lipinski definition) is 6. The molecule has 0 aromatic heterocycles. The second-order valence-corrected chi connectivity index (χ2v) is 6.36. The number of nitrogens with zero attached hydrogens (tertiary/aromatic N) is 1. The molecule has 0 fully saturated rings. The Hall–Kier alpha value is -3.43. The Morgan fingerprint density at radius 2 is 1.75 bits per heavy atom. The van der Waals surface area contributed by atoms with Crippen LogP contribution >= 0.6 is 0 Å². The van der Waals surface area contributed by atoms with E-state index in [4.69, 9.17) is 0 Å². The van der Waals surface area contributed by atoms with Gasteiger partial charge in [0.15, 0.2) is 0 Å². The summed E-state index contributed by atoms with van der Waals surface area (Å²) in [6.07, 6.45) is 0.326. The number of hydrogen-bond acceptors (Lipinski definition) is 7. The summed E-state index contributed by atoms with van der Waals surface area (Å²) < 4.78 is 0. The Labute approximate surface area is 162 Å². The molecule has 0 aliphatic carbocycles. The molecule has 1 aliphatic rings. The molecule has 0 saturated carbocycles. The van der Waals surface area contributed by atoms with Crippen molar-refractivity contribution in [2.24, 2.45) is 5.10 Å². The zero-order chi connectivity index (χ0) is 19.9. The summed E-state index contributed by atoms with van der Waals surface area (Å²) in [5, 5.41) is 18.4. The second-order valence-electron chi connectivity index (χ2n) is 6.36. The van der Waals surface area contributed by atoms with Crippen LogP contribution in [0, 0.1) is 0 Å². The summed E-state index contributed by atoms with van der Waals surface area (Å²) in [5.41, 5.74) is 10.7. The highest BCUT2D eigenvalue weighted by molar-refractivity contribution is 5.99. The van der Waals surface area contributed by atoms with Gasteiger partial charge in [-0.25, -0.2) is 5.53 Å². The van der Waals surface area contributed by atoms with Gasteiger partial charge in [-0.3, -0.25) is 25.6 Å². The van der Waals surface area contributed by atoms with Crippen LogP contribution in [0.1, 0.15) is 12.5 Å². The van der Waals surface area contributed by atoms with Gasteiger partial charge >= 0.3 is 5.97 Å². The molecule has 1 amide bonds. The van der Waals surface area contributed by atoms with Crippen molar-refractivity contribution in [1.82, 2.24) is 27.1 Å². The molecule has 2 aromatic rings. The molecule has 28 heavy (non-hydrogen) atoms. The molecular weight excluding hydrogens is 360 g/mol. The fourth-order valence-electron chi connectivity index (χ4n) is 2.76. The van der Waals surface area contributed by atoms with Gasteiger partial charge in [0.2, 0.25) is 11.9 Å². The van der Waals surface area contributed by atoms with Crippen molar-refractivity contribution in [2.45, 2.75) is 25.4 Å². The van der Waals surface area contributed by atoms with Gasteiger partial charge in [-0.15, -0.1) is 10.6 Å². The molecule has 6 N–H and O–H groups in total. The maximum atomic E-state index is 12.6. The van der Waals surface area contributed by atoms with Crippen LogP contribution in [-0.4, -0.2) is 35.0 Å². The van der Waals surface area contributed by atoms with Crippen LogP contribution in [0.25, 0.3) is 11.1 Å². The van der Waals surface area contributed by atoms with Crippen LogP contribution in [0.15, 0.2) is 59.7 Å². The predicted octanol–water partition coefficient (Wildman–Crippen LogP) is 0.327. The lowest BCUT2D eigenvalue weighted by molar-refractivity contribution is -0.139. The van der Waals surface area contributed by atoms with E-state index >= 15 is 0 Å². The highest BCUT2D eigenvalue weighted by Crippen LogP contribution is 2.19. The molecule has 1 heterocycles. The van der Waals surface area contributed by atoms with E-state index in [1.807, 2.05) is 54.6 Å². The van der Waals surface area contributed by atoms with Gasteiger partial charge in [0, 0.05) is 0 Å². The Balaban J connectivity index is 1.72. The fraction of sp³-hybridized carbons (Fsp3) is 0.211. The van der Waals surface area contributed by atoms with E-state index in [-0.39, 0.29) is 5.96 Å². The zero-order valence-corrected chi connectivity index (χ0v) is 15.3. The average Bonchev–Trinajstić information content (AvgIpc) is 3.21. The largest absolute Gasteiger partial charge is 0.480 e. The van der Waals surface area contributed by atoms with Gasteiger partial charge in [0.1, 0.15) is 6.04 Å². The molecule has 9 nitrogen and oxygen atoms in total. The first kappa shape index (κ1) is 19.3. The molecule has 0 bridgehead atoms. The van der Waals surface area contributed by atoms with E-state index in [0.717, 1.165) is 16.7 Å². The van der Waals surface area contributed by atoms with Gasteiger partial charge in [-0.2, -0.15) is 0 Å². The Morgan fingerprint density at radius 1 is 1.07 bits per heavy atom. The third-order valence-electron chi connectivity index (χ3n) is 4.29. The number of guanidine groups is 1. The Morgan fingerprint density at radius 3 is 2.36 bits per heavy atom. The van der Waals surface area contributed by atoms with Gasteiger partial charge < -0.3 is 5.11 Å². The first-order chi connectivity index (χ1) is 13.5. The van der Waals surface area contributed by atoms with Crippen molar-refractivity contribution >= 4 is 17.8 Å². The molecule has 3 rings (SSSR count). The number of amides is 1. The fourth-order valence-corrected chi connectivity index (χ4v) is 2.76. The van der Waals surface area contributed by atoms with E-state index < -0.39 is 24.0 Å². The molecular formula is C19H22N6O3. The first-order valence-electron chi connectivity index (χ1n) is 8.80. The number of carbonyl (C=O) groups excluding carboxylic acids is 1. The number of rotatable bonds is 7. The van der Waals surface area contributed by atoms with Crippen molar-refractivity contribution in [2.75, 3.05) is 0 Å². The summed E-state index contributed by atoms with van der Waals surface area (Å²) in [4.78, 5) is 23.8. The highest BCUT2D eigenvalue weighted by Gasteiger charge is 2.25. The normalized spacial score (nSPS) is 15.0. The summed E-state index contributed by atoms with van der Waals surface area (Å²) in [6, 6.07) is 16.2. The lowest BCUT2D eigenvalue weighted by Crippen LogP contribution is -2.54. The molecule has 9 heteroatoms. The number of carboxylic acids is 1. The van der Waals surface area contributed by atoms with Crippen LogP contribution in [0.2, 0.25) is 0 Å². The van der Waals surface area contributed by atoms with Gasteiger partial charge in [-0.1, -0.05) is 54.6 Å². The number of hydrazone groups is 1. The predicted molar refractivity (Wildman–Crippen MR) is 105 cm³/mol. The van der Waals surface area contributed by atoms with Crippen molar-refractivity contribution in [3.63, 3.8) is 0 Å². The van der Waals surface area contributed by atoms with Crippen LogP contribution < -0.4 is 27.1 Å². The van der Waals surface area contributed by atoms with E-state index in [0.29, 0.717) is 6.42 Å². The summed E-state index contributed by atoms with van der Waals surface area (Å²) in [5.74, 6) is -1.21. The summed E-state index contributed by atoms with van der Waals surface area (Å²) in [6.45, 7) is 1.50. The van der Waals surface area contributed by atoms with E-state index in [9.17, 15) is 14.7 Å². The lowest BCUT2D eigenvalue weighted by Gasteiger charge is -2.21. The quantitative estimate of drug-likeness (QED) is 0.407. The van der Waals surface area contributed by atoms with Crippen LogP contribution in [0.3, 0.4) is 0 Å². The van der Waals surface area contributed by atoms with Crippen LogP contribution in [0.5, 0.6) is 0 Å². The number of benzene rings is 2. The molecule has 146 valence electrons. The molecule has 0 unspecified atom stereocenters. The van der Waals surface area contributed by atoms with Crippen molar-refractivity contribution in [3.05, 3.63) is 60.2 Å². The van der Waals surface area contributed by atoms with Crippen LogP contribution in [-0.2, 0) is 16.0 Å². The molecule has 0 spiro atoms. The minimum atomic E-state index is -1.03. The zero-order valence-electron chi connectivity index (χ0n) is 15.3. The number of nitrogens with one attached hydrogen (secondary N) is 5. The minimum Gasteiger partial charge on any atom is -0.480 e. The molecule has 1 aliphatic heterocycles. The monoisotopic (exact) mass is 382 g/mol. The number of hydrazine groups is 2. The summed E-state index contributed by atoms with van der Waals surface area (Å²) >= 11 is 0. The molecule has 0 saturated heterocycles. The standard InChI is InChI=1S/C19H22N6O3/c1-12(18(27)28)20-16(17(26)21-19-22-24-25-23-19)11-13-7-9-15(10-8-13)14-5-3-2-4-6-14/h2-10,12,16,20,24-25H,11H2,1H3,(H,27,28)(H2,21,22,23,26)/t12-,16-/m0/s1. The third-order valence-corrected chi connectivity index (χ3v) is 4.29. The molecule has 2 atom stereocenters. The van der Waals surface area contributed by atoms with Crippen molar-refractivity contribution in [1.29, 1.82) is 0 Å². The van der Waals surface area contributed by atoms with Crippen LogP contribution in [0.4, 0.5) is 0 Å². The summed E-state index contributed by atoms with van der Waals surface area (Å²) in [7, 11) is 0. The number of carboxylic acid groups (broad SMARTS) is 1. The topological polar surface area (TPSA) is 127 Å². The second kappa shape index (κ2) is 8.98. The highest BCUT2D eigenvalue weighted by atomic mass is 16.4. The molecule has 0 radical (unpaired) electrons. The molecule has 2 aromatic carbocycles. The van der Waals surface area contributed by atoms with Gasteiger partial charge in [-0.05, 0) is 30.0 Å². The average molecular weight is 382 g/mol. The Kier molecular flexibility index (Phi) is 6.20. The Bertz CT molecular complexity index is 854. The lowest BCUT2D eigenvalue weighted by atomic mass is 10.00. The SMILES string of the molecule is C[C@H](N[C@@H](Cc1ccc(-c2ccccc2)cc1)C(=O)NC1=NNNN1)C(=O)O. The van der Waals surface area contributed by atoms with E-state index in [1.54, 1.807) is 0 Å². The van der Waals surface area contributed by atoms with E-state index in [2.05, 4.69) is 32.2 Å². The van der Waals surface area contributed by atoms with E-state index in [1.165, 1.54) is 6.92 Å². The smallest absolute Gasteiger partial charge is 0.320 e. The first-order valence-corrected chi connectivity index (χ1v) is 8.80. The maximum Gasteiger partial charge on any atom is 0.320 e. The van der Waals surface area contributed by atoms with Gasteiger partial charge in [0.05, 0.1) is 6.04 Å². The van der Waals surface area contributed by atoms with Crippen molar-refractivity contribution < 1.29 is 14.7 Å². The maximum absolute atomic E-state index is 12.6. The van der Waals surface area contributed by atoms with Crippen molar-refractivity contribution in [3.8, 4) is 11.1 Å². The van der Waals surface area contributed by atoms with Gasteiger partial charge in [0.25, 0.3) is 0 Å².